The summed E-state index contributed by atoms with van der Waals surface area (Å²) < 4.78 is 4.99. The molecule has 0 aliphatic rings. The maximum Gasteiger partial charge on any atom is 0.276 e. The Hall–Kier alpha value is -2.67. The third kappa shape index (κ3) is 5.70. The Morgan fingerprint density at radius 2 is 1.81 bits per heavy atom. The first-order valence-corrected chi connectivity index (χ1v) is 8.90. The van der Waals surface area contributed by atoms with E-state index in [0.29, 0.717) is 12.4 Å². The maximum absolute atomic E-state index is 12.3. The van der Waals surface area contributed by atoms with Gasteiger partial charge in [0, 0.05) is 44.7 Å². The molecule has 0 saturated heterocycles. The average Bonchev–Trinajstić information content (AvgIpc) is 2.68. The molecule has 7 heteroatoms. The smallest absolute Gasteiger partial charge is 0.276 e. The molecule has 1 amide bonds. The fourth-order valence-electron chi connectivity index (χ4n) is 2.52. The summed E-state index contributed by atoms with van der Waals surface area (Å²) in [5.41, 5.74) is 2.14. The molecule has 2 aromatic rings. The summed E-state index contributed by atoms with van der Waals surface area (Å²) in [6.07, 6.45) is 0.879. The lowest BCUT2D eigenvalue weighted by Crippen LogP contribution is -2.21. The van der Waals surface area contributed by atoms with Crippen molar-refractivity contribution in [3.05, 3.63) is 42.1 Å². The number of hydrogen-bond acceptors (Lipinski definition) is 6. The van der Waals surface area contributed by atoms with Crippen LogP contribution in [-0.2, 0) is 4.74 Å². The molecule has 0 saturated carbocycles. The summed E-state index contributed by atoms with van der Waals surface area (Å²) in [5, 5.41) is 14.0. The molecule has 2 rings (SSSR count). The molecule has 140 valence electrons. The number of hydrogen-bond donors (Lipinski definition) is 2. The Balaban J connectivity index is 1.90. The zero-order valence-corrected chi connectivity index (χ0v) is 15.7. The van der Waals surface area contributed by atoms with Gasteiger partial charge in [-0.15, -0.1) is 10.2 Å². The van der Waals surface area contributed by atoms with Crippen LogP contribution in [0.5, 0.6) is 0 Å². The Morgan fingerprint density at radius 3 is 2.38 bits per heavy atom. The highest BCUT2D eigenvalue weighted by Gasteiger charge is 2.09. The predicted molar refractivity (Wildman–Crippen MR) is 105 cm³/mol. The molecule has 7 nitrogen and oxygen atoms in total. The summed E-state index contributed by atoms with van der Waals surface area (Å²) in [6, 6.07) is 11.2. The van der Waals surface area contributed by atoms with Gasteiger partial charge in [-0.25, -0.2) is 0 Å². The minimum atomic E-state index is -0.279. The average molecular weight is 357 g/mol. The van der Waals surface area contributed by atoms with E-state index in [2.05, 4.69) is 39.6 Å². The van der Waals surface area contributed by atoms with Crippen molar-refractivity contribution in [1.82, 2.24) is 10.2 Å². The molecule has 0 radical (unpaired) electrons. The standard InChI is InChI=1S/C19H27N5O2/c1-4-24(5-2)16-9-7-15(8-10-16)21-19(25)17-11-12-18(23-22-17)20-13-6-14-26-3/h7-12H,4-6,13-14H2,1-3H3,(H,20,23)(H,21,25). The monoisotopic (exact) mass is 357 g/mol. The molecule has 0 aliphatic carbocycles. The van der Waals surface area contributed by atoms with Gasteiger partial charge in [-0.2, -0.15) is 0 Å². The normalized spacial score (nSPS) is 10.4. The molecule has 0 fully saturated rings. The summed E-state index contributed by atoms with van der Waals surface area (Å²) in [6.45, 7) is 7.57. The highest BCUT2D eigenvalue weighted by molar-refractivity contribution is 6.02. The van der Waals surface area contributed by atoms with Crippen molar-refractivity contribution in [2.45, 2.75) is 20.3 Å². The van der Waals surface area contributed by atoms with Gasteiger partial charge in [0.05, 0.1) is 0 Å². The van der Waals surface area contributed by atoms with Crippen LogP contribution in [0, 0.1) is 0 Å². The quantitative estimate of drug-likeness (QED) is 0.636. The number of carbonyl (C=O) groups excluding carboxylic acids is 1. The van der Waals surface area contributed by atoms with Crippen molar-refractivity contribution in [3.63, 3.8) is 0 Å². The molecule has 1 aromatic carbocycles. The minimum absolute atomic E-state index is 0.278. The van der Waals surface area contributed by atoms with E-state index in [9.17, 15) is 4.79 Å². The van der Waals surface area contributed by atoms with Gasteiger partial charge in [0.2, 0.25) is 0 Å². The van der Waals surface area contributed by atoms with Gasteiger partial charge < -0.3 is 20.3 Å². The molecule has 0 bridgehead atoms. The van der Waals surface area contributed by atoms with E-state index < -0.39 is 0 Å². The van der Waals surface area contributed by atoms with Crippen LogP contribution in [0.2, 0.25) is 0 Å². The van der Waals surface area contributed by atoms with E-state index in [0.717, 1.165) is 37.4 Å². The fourth-order valence-corrected chi connectivity index (χ4v) is 2.52. The van der Waals surface area contributed by atoms with Gasteiger partial charge >= 0.3 is 0 Å². The van der Waals surface area contributed by atoms with Crippen LogP contribution in [0.15, 0.2) is 36.4 Å². The van der Waals surface area contributed by atoms with Gasteiger partial charge in [0.1, 0.15) is 5.82 Å². The number of ether oxygens (including phenoxy) is 1. The predicted octanol–water partition coefficient (Wildman–Crippen LogP) is 3.02. The topological polar surface area (TPSA) is 79.4 Å². The summed E-state index contributed by atoms with van der Waals surface area (Å²) in [5.74, 6) is 0.361. The Bertz CT molecular complexity index is 669. The van der Waals surface area contributed by atoms with Crippen LogP contribution < -0.4 is 15.5 Å². The fraction of sp³-hybridized carbons (Fsp3) is 0.421. The molecule has 1 heterocycles. The SMILES string of the molecule is CCN(CC)c1ccc(NC(=O)c2ccc(NCCCOC)nn2)cc1. The number of nitrogens with one attached hydrogen (secondary N) is 2. The molecule has 26 heavy (non-hydrogen) atoms. The molecule has 0 unspecified atom stereocenters. The molecule has 0 atom stereocenters. The van der Waals surface area contributed by atoms with Crippen LogP contribution in [0.4, 0.5) is 17.2 Å². The van der Waals surface area contributed by atoms with E-state index in [1.165, 1.54) is 0 Å². The van der Waals surface area contributed by atoms with E-state index in [4.69, 9.17) is 4.74 Å². The molecule has 1 aromatic heterocycles. The van der Waals surface area contributed by atoms with E-state index >= 15 is 0 Å². The second-order valence-electron chi connectivity index (χ2n) is 5.75. The second-order valence-corrected chi connectivity index (χ2v) is 5.75. The van der Waals surface area contributed by atoms with Crippen molar-refractivity contribution >= 4 is 23.1 Å². The molecule has 2 N–H and O–H groups in total. The largest absolute Gasteiger partial charge is 0.385 e. The number of methoxy groups -OCH3 is 1. The molecule has 0 spiro atoms. The third-order valence-corrected chi connectivity index (χ3v) is 3.98. The van der Waals surface area contributed by atoms with Crippen molar-refractivity contribution in [1.29, 1.82) is 0 Å². The Kier molecular flexibility index (Phi) is 7.82. The zero-order chi connectivity index (χ0) is 18.8. The number of anilines is 3. The summed E-state index contributed by atoms with van der Waals surface area (Å²) in [4.78, 5) is 14.5. The third-order valence-electron chi connectivity index (χ3n) is 3.98. The Labute approximate surface area is 154 Å². The van der Waals surface area contributed by atoms with E-state index in [-0.39, 0.29) is 11.6 Å². The zero-order valence-electron chi connectivity index (χ0n) is 15.7. The number of nitrogens with zero attached hydrogens (tertiary/aromatic N) is 3. The number of carbonyl (C=O) groups is 1. The highest BCUT2D eigenvalue weighted by Crippen LogP contribution is 2.18. The van der Waals surface area contributed by atoms with Crippen molar-refractivity contribution < 1.29 is 9.53 Å². The van der Waals surface area contributed by atoms with E-state index in [1.54, 1.807) is 19.2 Å². The van der Waals surface area contributed by atoms with Gasteiger partial charge in [0.25, 0.3) is 5.91 Å². The van der Waals surface area contributed by atoms with Gasteiger partial charge in [0.15, 0.2) is 5.69 Å². The van der Waals surface area contributed by atoms with Gasteiger partial charge in [-0.1, -0.05) is 0 Å². The first-order valence-electron chi connectivity index (χ1n) is 8.90. The first-order chi connectivity index (χ1) is 12.7. The lowest BCUT2D eigenvalue weighted by Gasteiger charge is -2.21. The summed E-state index contributed by atoms with van der Waals surface area (Å²) in [7, 11) is 1.67. The second kappa shape index (κ2) is 10.4. The lowest BCUT2D eigenvalue weighted by atomic mass is 10.2. The first kappa shape index (κ1) is 19.7. The number of benzene rings is 1. The van der Waals surface area contributed by atoms with Crippen LogP contribution in [0.3, 0.4) is 0 Å². The minimum Gasteiger partial charge on any atom is -0.385 e. The lowest BCUT2D eigenvalue weighted by molar-refractivity contribution is 0.102. The van der Waals surface area contributed by atoms with E-state index in [1.807, 2.05) is 24.3 Å². The van der Waals surface area contributed by atoms with Crippen LogP contribution in [0.25, 0.3) is 0 Å². The number of amides is 1. The number of aromatic nitrogens is 2. The van der Waals surface area contributed by atoms with Crippen LogP contribution in [-0.4, -0.2) is 49.5 Å². The summed E-state index contributed by atoms with van der Waals surface area (Å²) >= 11 is 0. The molecular weight excluding hydrogens is 330 g/mol. The Morgan fingerprint density at radius 1 is 1.08 bits per heavy atom. The van der Waals surface area contributed by atoms with Gasteiger partial charge in [-0.3, -0.25) is 4.79 Å². The molecule has 0 aliphatic heterocycles. The highest BCUT2D eigenvalue weighted by atomic mass is 16.5. The van der Waals surface area contributed by atoms with Crippen molar-refractivity contribution in [2.24, 2.45) is 0 Å². The van der Waals surface area contributed by atoms with Crippen LogP contribution in [0.1, 0.15) is 30.8 Å². The van der Waals surface area contributed by atoms with Crippen molar-refractivity contribution in [2.75, 3.05) is 48.9 Å². The molecular formula is C19H27N5O2. The van der Waals surface area contributed by atoms with Crippen molar-refractivity contribution in [3.8, 4) is 0 Å². The van der Waals surface area contributed by atoms with Gasteiger partial charge in [-0.05, 0) is 56.7 Å². The van der Waals surface area contributed by atoms with Crippen LogP contribution >= 0.6 is 0 Å². The number of rotatable bonds is 10. The maximum atomic E-state index is 12.3.